The lowest BCUT2D eigenvalue weighted by molar-refractivity contribution is -0.382. The van der Waals surface area contributed by atoms with Crippen LogP contribution >= 0.6 is 23.2 Å². The molecule has 0 bridgehead atoms. The van der Waals surface area contributed by atoms with Crippen LogP contribution in [0.1, 0.15) is 0 Å². The second kappa shape index (κ2) is 3.86. The van der Waals surface area contributed by atoms with Gasteiger partial charge in [-0.15, -0.1) is 0 Å². The van der Waals surface area contributed by atoms with Crippen molar-refractivity contribution in [1.82, 2.24) is 4.98 Å². The van der Waals surface area contributed by atoms with Gasteiger partial charge >= 0.3 is 0 Å². The average Bonchev–Trinajstić information content (AvgIpc) is 2.66. The van der Waals surface area contributed by atoms with Gasteiger partial charge in [0.25, 0.3) is 5.69 Å². The summed E-state index contributed by atoms with van der Waals surface area (Å²) >= 11 is 11.8. The lowest BCUT2D eigenvalue weighted by Gasteiger charge is -1.97. The zero-order chi connectivity index (χ0) is 12.9. The molecule has 0 unspecified atom stereocenters. The van der Waals surface area contributed by atoms with Crippen molar-refractivity contribution in [3.05, 3.63) is 50.5 Å². The predicted molar refractivity (Wildman–Crippen MR) is 72.5 cm³/mol. The summed E-state index contributed by atoms with van der Waals surface area (Å²) in [6.07, 6.45) is 0. The average molecular weight is 281 g/mol. The van der Waals surface area contributed by atoms with Gasteiger partial charge in [-0.2, -0.15) is 0 Å². The van der Waals surface area contributed by atoms with Crippen LogP contribution in [0.4, 0.5) is 5.69 Å². The topological polar surface area (TPSA) is 58.9 Å². The zero-order valence-corrected chi connectivity index (χ0v) is 10.4. The number of nitro benzene ring substituents is 1. The minimum atomic E-state index is -0.473. The predicted octanol–water partition coefficient (Wildman–Crippen LogP) is 4.54. The fourth-order valence-corrected chi connectivity index (χ4v) is 2.50. The lowest BCUT2D eigenvalue weighted by atomic mass is 10.1. The number of benzene rings is 2. The van der Waals surface area contributed by atoms with Crippen molar-refractivity contribution < 1.29 is 4.92 Å². The number of nitrogens with one attached hydrogen (secondary N) is 1. The first-order chi connectivity index (χ1) is 8.58. The number of nitrogens with zero attached hydrogens (tertiary/aromatic N) is 1. The first kappa shape index (κ1) is 11.3. The SMILES string of the molecule is O=[N+]([O-])c1c(Cl)ccc2[nH]c3ccc(Cl)cc3c12. The Balaban J connectivity index is 2.59. The molecular weight excluding hydrogens is 275 g/mol. The van der Waals surface area contributed by atoms with Crippen LogP contribution in [0.5, 0.6) is 0 Å². The van der Waals surface area contributed by atoms with E-state index in [2.05, 4.69) is 4.98 Å². The minimum Gasteiger partial charge on any atom is -0.354 e. The van der Waals surface area contributed by atoms with Gasteiger partial charge in [0.15, 0.2) is 0 Å². The van der Waals surface area contributed by atoms with Crippen LogP contribution in [-0.2, 0) is 0 Å². The fourth-order valence-electron chi connectivity index (χ4n) is 2.10. The van der Waals surface area contributed by atoms with Gasteiger partial charge in [-0.25, -0.2) is 0 Å². The number of aromatic amines is 1. The van der Waals surface area contributed by atoms with E-state index < -0.39 is 4.92 Å². The number of aromatic nitrogens is 1. The number of rotatable bonds is 1. The molecule has 0 radical (unpaired) electrons. The Bertz CT molecular complexity index is 795. The van der Waals surface area contributed by atoms with Gasteiger partial charge in [-0.1, -0.05) is 23.2 Å². The maximum Gasteiger partial charge on any atom is 0.297 e. The summed E-state index contributed by atoms with van der Waals surface area (Å²) in [7, 11) is 0. The Morgan fingerprint density at radius 3 is 2.56 bits per heavy atom. The van der Waals surface area contributed by atoms with E-state index in [-0.39, 0.29) is 10.7 Å². The van der Waals surface area contributed by atoms with Gasteiger partial charge in [0.1, 0.15) is 5.02 Å². The molecule has 3 rings (SSSR count). The molecule has 0 amide bonds. The molecule has 6 heteroatoms. The van der Waals surface area contributed by atoms with E-state index in [1.165, 1.54) is 6.07 Å². The van der Waals surface area contributed by atoms with Crippen LogP contribution < -0.4 is 0 Å². The molecule has 1 heterocycles. The Morgan fingerprint density at radius 1 is 1.11 bits per heavy atom. The van der Waals surface area contributed by atoms with Crippen molar-refractivity contribution in [3.63, 3.8) is 0 Å². The van der Waals surface area contributed by atoms with Crippen LogP contribution in [0.15, 0.2) is 30.3 Å². The van der Waals surface area contributed by atoms with E-state index in [9.17, 15) is 10.1 Å². The fraction of sp³-hybridized carbons (Fsp3) is 0. The standard InChI is InChI=1S/C12H6Cl2N2O2/c13-6-1-3-9-7(5-6)11-10(15-9)4-2-8(14)12(11)16(17)18/h1-5,15H. The monoisotopic (exact) mass is 280 g/mol. The zero-order valence-electron chi connectivity index (χ0n) is 8.91. The molecule has 3 aromatic rings. The first-order valence-corrected chi connectivity index (χ1v) is 5.87. The number of hydrogen-bond acceptors (Lipinski definition) is 2. The summed E-state index contributed by atoms with van der Waals surface area (Å²) in [6.45, 7) is 0. The Hall–Kier alpha value is -1.78. The normalized spacial score (nSPS) is 11.2. The molecule has 1 aromatic heterocycles. The largest absolute Gasteiger partial charge is 0.354 e. The van der Waals surface area contributed by atoms with E-state index in [4.69, 9.17) is 23.2 Å². The molecule has 0 saturated carbocycles. The molecule has 2 aromatic carbocycles. The van der Waals surface area contributed by atoms with Gasteiger partial charge in [-0.05, 0) is 30.3 Å². The summed E-state index contributed by atoms with van der Waals surface area (Å²) in [5, 5.41) is 13.0. The van der Waals surface area contributed by atoms with Crippen molar-refractivity contribution in [2.75, 3.05) is 0 Å². The van der Waals surface area contributed by atoms with Crippen LogP contribution in [0.25, 0.3) is 21.8 Å². The van der Waals surface area contributed by atoms with E-state index in [0.717, 1.165) is 5.52 Å². The quantitative estimate of drug-likeness (QED) is 0.526. The summed E-state index contributed by atoms with van der Waals surface area (Å²) < 4.78 is 0. The Kier molecular flexibility index (Phi) is 2.43. The molecule has 0 saturated heterocycles. The Morgan fingerprint density at radius 2 is 1.83 bits per heavy atom. The number of fused-ring (bicyclic) bond motifs is 3. The summed E-state index contributed by atoms with van der Waals surface area (Å²) in [6, 6.07) is 8.44. The van der Waals surface area contributed by atoms with E-state index >= 15 is 0 Å². The maximum atomic E-state index is 11.1. The molecule has 0 fully saturated rings. The second-order valence-corrected chi connectivity index (χ2v) is 4.73. The molecule has 90 valence electrons. The summed E-state index contributed by atoms with van der Waals surface area (Å²) in [4.78, 5) is 13.8. The molecule has 0 spiro atoms. The molecule has 0 aliphatic rings. The van der Waals surface area contributed by atoms with Gasteiger partial charge in [0.05, 0.1) is 15.8 Å². The third-order valence-corrected chi connectivity index (χ3v) is 3.37. The van der Waals surface area contributed by atoms with Crippen molar-refractivity contribution in [3.8, 4) is 0 Å². The van der Waals surface area contributed by atoms with Crippen LogP contribution in [-0.4, -0.2) is 9.91 Å². The third-order valence-electron chi connectivity index (χ3n) is 2.83. The number of hydrogen-bond donors (Lipinski definition) is 1. The molecule has 4 nitrogen and oxygen atoms in total. The second-order valence-electron chi connectivity index (χ2n) is 3.89. The molecule has 1 N–H and O–H groups in total. The van der Waals surface area contributed by atoms with E-state index in [1.807, 2.05) is 0 Å². The van der Waals surface area contributed by atoms with Crippen molar-refractivity contribution in [2.24, 2.45) is 0 Å². The molecule has 0 aliphatic carbocycles. The Labute approximate surface area is 111 Å². The lowest BCUT2D eigenvalue weighted by Crippen LogP contribution is -1.89. The van der Waals surface area contributed by atoms with Crippen LogP contribution in [0.3, 0.4) is 0 Å². The number of halogens is 2. The molecule has 0 aliphatic heterocycles. The number of H-pyrrole nitrogens is 1. The highest BCUT2D eigenvalue weighted by Gasteiger charge is 2.21. The number of nitro groups is 1. The van der Waals surface area contributed by atoms with Crippen molar-refractivity contribution in [1.29, 1.82) is 0 Å². The third kappa shape index (κ3) is 1.54. The van der Waals surface area contributed by atoms with Gasteiger partial charge < -0.3 is 4.98 Å². The highest BCUT2D eigenvalue weighted by molar-refractivity contribution is 6.35. The molecule has 18 heavy (non-hydrogen) atoms. The minimum absolute atomic E-state index is 0.0947. The molecular formula is C12H6Cl2N2O2. The van der Waals surface area contributed by atoms with E-state index in [1.54, 1.807) is 24.3 Å². The van der Waals surface area contributed by atoms with Crippen molar-refractivity contribution in [2.45, 2.75) is 0 Å². The van der Waals surface area contributed by atoms with Gasteiger partial charge in [0.2, 0.25) is 0 Å². The van der Waals surface area contributed by atoms with Gasteiger partial charge in [-0.3, -0.25) is 10.1 Å². The highest BCUT2D eigenvalue weighted by Crippen LogP contribution is 2.38. The van der Waals surface area contributed by atoms with E-state index in [0.29, 0.717) is 21.3 Å². The summed E-state index contributed by atoms with van der Waals surface area (Å²) in [5.41, 5.74) is 1.37. The van der Waals surface area contributed by atoms with Crippen LogP contribution in [0, 0.1) is 10.1 Å². The maximum absolute atomic E-state index is 11.1. The molecule has 0 atom stereocenters. The first-order valence-electron chi connectivity index (χ1n) is 5.12. The van der Waals surface area contributed by atoms with Crippen molar-refractivity contribution >= 4 is 50.7 Å². The summed E-state index contributed by atoms with van der Waals surface area (Å²) in [5.74, 6) is 0. The smallest absolute Gasteiger partial charge is 0.297 e. The highest BCUT2D eigenvalue weighted by atomic mass is 35.5. The van der Waals surface area contributed by atoms with Gasteiger partial charge in [0, 0.05) is 15.9 Å². The van der Waals surface area contributed by atoms with Crippen LogP contribution in [0.2, 0.25) is 10.0 Å².